The van der Waals surface area contributed by atoms with Crippen LogP contribution in [0.1, 0.15) is 22.3 Å². The molecule has 6 nitrogen and oxygen atoms in total. The Balaban J connectivity index is 1.66. The van der Waals surface area contributed by atoms with E-state index in [1.807, 2.05) is 47.2 Å². The van der Waals surface area contributed by atoms with E-state index in [0.29, 0.717) is 23.6 Å². The number of hydrogen-bond donors (Lipinski definition) is 1. The average molecular weight is 519 g/mol. The molecule has 190 valence electrons. The highest BCUT2D eigenvalue weighted by Gasteiger charge is 2.34. The van der Waals surface area contributed by atoms with Gasteiger partial charge in [-0.1, -0.05) is 48.5 Å². The average Bonchev–Trinajstić information content (AvgIpc) is 3.18. The van der Waals surface area contributed by atoms with E-state index in [0.717, 1.165) is 22.5 Å². The number of aromatic nitrogens is 1. The number of fused-ring (bicyclic) bond motifs is 1. The van der Waals surface area contributed by atoms with Crippen LogP contribution in [0.4, 0.5) is 13.2 Å². The molecule has 0 saturated carbocycles. The van der Waals surface area contributed by atoms with Crippen LogP contribution in [0, 0.1) is 0 Å². The van der Waals surface area contributed by atoms with Gasteiger partial charge in [0.2, 0.25) is 10.0 Å². The van der Waals surface area contributed by atoms with E-state index in [4.69, 9.17) is 9.47 Å². The number of benzene rings is 3. The molecular weight excluding hydrogens is 493 g/mol. The SMILES string of the molecule is COc1cc2c(CNS(=O)(=O)Cc3ccccc3C(F)(F)F)cn(Cc3ccccc3)c2cc1OC. The van der Waals surface area contributed by atoms with E-state index in [-0.39, 0.29) is 12.1 Å². The summed E-state index contributed by atoms with van der Waals surface area (Å²) in [6.45, 7) is 0.419. The first-order chi connectivity index (χ1) is 17.1. The number of halogens is 3. The standard InChI is InChI=1S/C26H25F3N2O4S/c1-34-24-12-21-20(14-30-36(32,33)17-19-10-6-7-11-22(19)26(27,28)29)16-31(23(21)13-25(24)35-2)15-18-8-4-3-5-9-18/h3-13,16,30H,14-15,17H2,1-2H3. The molecule has 1 heterocycles. The lowest BCUT2D eigenvalue weighted by molar-refractivity contribution is -0.138. The number of nitrogens with zero attached hydrogens (tertiary/aromatic N) is 1. The van der Waals surface area contributed by atoms with Gasteiger partial charge in [-0.25, -0.2) is 13.1 Å². The van der Waals surface area contributed by atoms with E-state index >= 15 is 0 Å². The predicted molar refractivity (Wildman–Crippen MR) is 131 cm³/mol. The van der Waals surface area contributed by atoms with Gasteiger partial charge in [0.1, 0.15) is 0 Å². The molecule has 0 aliphatic heterocycles. The number of methoxy groups -OCH3 is 2. The number of rotatable bonds is 9. The van der Waals surface area contributed by atoms with Crippen LogP contribution in [0.25, 0.3) is 10.9 Å². The minimum absolute atomic E-state index is 0.107. The molecule has 10 heteroatoms. The topological polar surface area (TPSA) is 69.6 Å². The maximum Gasteiger partial charge on any atom is 0.416 e. The highest BCUT2D eigenvalue weighted by atomic mass is 32.2. The minimum Gasteiger partial charge on any atom is -0.493 e. The van der Waals surface area contributed by atoms with Gasteiger partial charge < -0.3 is 14.0 Å². The van der Waals surface area contributed by atoms with Crippen LogP contribution >= 0.6 is 0 Å². The van der Waals surface area contributed by atoms with Crippen LogP contribution in [0.3, 0.4) is 0 Å². The zero-order valence-electron chi connectivity index (χ0n) is 19.7. The fourth-order valence-electron chi connectivity index (χ4n) is 4.11. The highest BCUT2D eigenvalue weighted by molar-refractivity contribution is 7.88. The van der Waals surface area contributed by atoms with Crippen molar-refractivity contribution in [1.82, 2.24) is 9.29 Å². The summed E-state index contributed by atoms with van der Waals surface area (Å²) in [5.41, 5.74) is 1.21. The van der Waals surface area contributed by atoms with Gasteiger partial charge in [0.05, 0.1) is 31.1 Å². The van der Waals surface area contributed by atoms with Crippen LogP contribution in [0.5, 0.6) is 11.5 Å². The van der Waals surface area contributed by atoms with Gasteiger partial charge in [-0.2, -0.15) is 13.2 Å². The van der Waals surface area contributed by atoms with Crippen molar-refractivity contribution < 1.29 is 31.1 Å². The van der Waals surface area contributed by atoms with Crippen molar-refractivity contribution in [1.29, 1.82) is 0 Å². The number of ether oxygens (including phenoxy) is 2. The van der Waals surface area contributed by atoms with E-state index in [1.54, 1.807) is 6.07 Å². The highest BCUT2D eigenvalue weighted by Crippen LogP contribution is 2.35. The third-order valence-corrected chi connectivity index (χ3v) is 7.09. The summed E-state index contributed by atoms with van der Waals surface area (Å²) in [5, 5.41) is 0.738. The van der Waals surface area contributed by atoms with E-state index < -0.39 is 27.5 Å². The summed E-state index contributed by atoms with van der Waals surface area (Å²) in [5.74, 6) is 0.210. The molecule has 0 saturated heterocycles. The monoisotopic (exact) mass is 518 g/mol. The second kappa shape index (κ2) is 10.2. The normalized spacial score (nSPS) is 12.1. The van der Waals surface area contributed by atoms with Crippen molar-refractivity contribution in [2.75, 3.05) is 14.2 Å². The Labute approximate surface area is 207 Å². The quantitative estimate of drug-likeness (QED) is 0.325. The molecule has 0 aliphatic carbocycles. The second-order valence-electron chi connectivity index (χ2n) is 8.23. The Kier molecular flexibility index (Phi) is 7.28. The molecule has 0 amide bonds. The Hall–Kier alpha value is -3.50. The maximum atomic E-state index is 13.3. The van der Waals surface area contributed by atoms with Crippen molar-refractivity contribution in [3.8, 4) is 11.5 Å². The first kappa shape index (κ1) is 25.6. The molecule has 1 N–H and O–H groups in total. The third-order valence-electron chi connectivity index (χ3n) is 5.82. The number of alkyl halides is 3. The van der Waals surface area contributed by atoms with Gasteiger partial charge in [0.25, 0.3) is 0 Å². The molecule has 0 spiro atoms. The molecule has 3 aromatic carbocycles. The van der Waals surface area contributed by atoms with Gasteiger partial charge in [0, 0.05) is 30.7 Å². The van der Waals surface area contributed by atoms with Crippen molar-refractivity contribution in [2.24, 2.45) is 0 Å². The summed E-state index contributed by atoms with van der Waals surface area (Å²) in [4.78, 5) is 0. The van der Waals surface area contributed by atoms with Crippen LogP contribution in [0.15, 0.2) is 72.9 Å². The zero-order valence-corrected chi connectivity index (χ0v) is 20.5. The van der Waals surface area contributed by atoms with E-state index in [9.17, 15) is 21.6 Å². The first-order valence-corrected chi connectivity index (χ1v) is 12.7. The number of sulfonamides is 1. The van der Waals surface area contributed by atoms with Gasteiger partial charge in [-0.3, -0.25) is 0 Å². The molecular formula is C26H25F3N2O4S. The first-order valence-electron chi connectivity index (χ1n) is 11.0. The fraction of sp³-hybridized carbons (Fsp3) is 0.231. The molecule has 0 atom stereocenters. The van der Waals surface area contributed by atoms with Gasteiger partial charge in [0.15, 0.2) is 11.5 Å². The molecule has 0 radical (unpaired) electrons. The van der Waals surface area contributed by atoms with Crippen LogP contribution in [0.2, 0.25) is 0 Å². The lowest BCUT2D eigenvalue weighted by Gasteiger charge is -2.13. The van der Waals surface area contributed by atoms with Crippen LogP contribution < -0.4 is 14.2 Å². The molecule has 0 fully saturated rings. The van der Waals surface area contributed by atoms with Crippen LogP contribution in [-0.4, -0.2) is 27.2 Å². The molecule has 36 heavy (non-hydrogen) atoms. The Morgan fingerprint density at radius 1 is 0.889 bits per heavy atom. The van der Waals surface area contributed by atoms with E-state index in [1.165, 1.54) is 32.4 Å². The number of nitrogens with one attached hydrogen (secondary N) is 1. The smallest absolute Gasteiger partial charge is 0.416 e. The lowest BCUT2D eigenvalue weighted by atomic mass is 10.1. The Bertz CT molecular complexity index is 1470. The minimum atomic E-state index is -4.65. The van der Waals surface area contributed by atoms with Gasteiger partial charge in [-0.05, 0) is 28.8 Å². The van der Waals surface area contributed by atoms with Crippen molar-refractivity contribution in [3.05, 3.63) is 95.2 Å². The fourth-order valence-corrected chi connectivity index (χ4v) is 5.25. The van der Waals surface area contributed by atoms with Crippen molar-refractivity contribution in [2.45, 2.75) is 25.0 Å². The van der Waals surface area contributed by atoms with Crippen LogP contribution in [-0.2, 0) is 35.0 Å². The van der Waals surface area contributed by atoms with Crippen molar-refractivity contribution >= 4 is 20.9 Å². The predicted octanol–water partition coefficient (Wildman–Crippen LogP) is 5.35. The maximum absolute atomic E-state index is 13.3. The molecule has 0 aliphatic rings. The Morgan fingerprint density at radius 3 is 2.19 bits per heavy atom. The molecule has 4 rings (SSSR count). The molecule has 1 aromatic heterocycles. The van der Waals surface area contributed by atoms with Gasteiger partial charge in [-0.15, -0.1) is 0 Å². The summed E-state index contributed by atoms with van der Waals surface area (Å²) < 4.78 is 80.8. The molecule has 0 unspecified atom stereocenters. The summed E-state index contributed by atoms with van der Waals surface area (Å²) in [6.07, 6.45) is -2.82. The van der Waals surface area contributed by atoms with Gasteiger partial charge >= 0.3 is 6.18 Å². The van der Waals surface area contributed by atoms with Crippen molar-refractivity contribution in [3.63, 3.8) is 0 Å². The number of hydrogen-bond acceptors (Lipinski definition) is 4. The molecule has 0 bridgehead atoms. The largest absolute Gasteiger partial charge is 0.493 e. The second-order valence-corrected chi connectivity index (χ2v) is 10.0. The van der Waals surface area contributed by atoms with E-state index in [2.05, 4.69) is 4.72 Å². The third kappa shape index (κ3) is 5.66. The zero-order chi connectivity index (χ0) is 25.9. The Morgan fingerprint density at radius 2 is 1.53 bits per heavy atom. The summed E-state index contributed by atoms with van der Waals surface area (Å²) in [7, 11) is -1.04. The summed E-state index contributed by atoms with van der Waals surface area (Å²) >= 11 is 0. The molecule has 4 aromatic rings. The lowest BCUT2D eigenvalue weighted by Crippen LogP contribution is -2.25. The summed E-state index contributed by atoms with van der Waals surface area (Å²) in [6, 6.07) is 18.0.